The van der Waals surface area contributed by atoms with Crippen LogP contribution in [0.3, 0.4) is 0 Å². The van der Waals surface area contributed by atoms with Crippen molar-refractivity contribution in [2.75, 3.05) is 33.4 Å². The molecule has 1 saturated carbocycles. The Kier molecular flexibility index (Phi) is 4.89. The smallest absolute Gasteiger partial charge is 0.213 e. The van der Waals surface area contributed by atoms with Crippen molar-refractivity contribution >= 4 is 22.5 Å². The molecule has 2 aliphatic heterocycles. The summed E-state index contributed by atoms with van der Waals surface area (Å²) in [5, 5.41) is 9.68. The molecule has 4 atom stereocenters. The van der Waals surface area contributed by atoms with Gasteiger partial charge in [0, 0.05) is 54.0 Å². The van der Waals surface area contributed by atoms with Gasteiger partial charge in [-0.15, -0.1) is 0 Å². The lowest BCUT2D eigenvalue weighted by Crippen LogP contribution is -2.34. The Labute approximate surface area is 186 Å². The second-order valence-corrected chi connectivity index (χ2v) is 9.65. The highest BCUT2D eigenvalue weighted by molar-refractivity contribution is 6.32. The topological polar surface area (TPSA) is 63.3 Å². The zero-order valence-corrected chi connectivity index (χ0v) is 18.4. The number of hydrogen-bond donors (Lipinski definition) is 1. The number of benzene rings is 1. The predicted molar refractivity (Wildman–Crippen MR) is 121 cm³/mol. The minimum atomic E-state index is 0.517. The number of fused-ring (bicyclic) bond motifs is 2. The third-order valence-corrected chi connectivity index (χ3v) is 7.87. The molecule has 7 heteroatoms. The second-order valence-electron chi connectivity index (χ2n) is 9.24. The van der Waals surface area contributed by atoms with E-state index in [2.05, 4.69) is 26.1 Å². The molecule has 3 aromatic rings. The summed E-state index contributed by atoms with van der Waals surface area (Å²) in [6.45, 7) is 4.26. The fourth-order valence-corrected chi connectivity index (χ4v) is 6.27. The van der Waals surface area contributed by atoms with Gasteiger partial charge in [0.15, 0.2) is 0 Å². The number of pyridine rings is 1. The van der Waals surface area contributed by atoms with E-state index in [-0.39, 0.29) is 0 Å². The minimum absolute atomic E-state index is 0.517. The van der Waals surface area contributed by atoms with Crippen molar-refractivity contribution in [3.8, 4) is 17.1 Å². The quantitative estimate of drug-likeness (QED) is 0.649. The summed E-state index contributed by atoms with van der Waals surface area (Å²) in [4.78, 5) is 6.89. The second kappa shape index (κ2) is 7.76. The van der Waals surface area contributed by atoms with Crippen LogP contribution in [0, 0.1) is 11.8 Å². The number of hydrogen-bond acceptors (Lipinski definition) is 5. The van der Waals surface area contributed by atoms with Gasteiger partial charge >= 0.3 is 0 Å². The van der Waals surface area contributed by atoms with Gasteiger partial charge in [-0.1, -0.05) is 11.6 Å². The van der Waals surface area contributed by atoms with Crippen LogP contribution in [0.5, 0.6) is 5.88 Å². The lowest BCUT2D eigenvalue weighted by Gasteiger charge is -2.24. The maximum Gasteiger partial charge on any atom is 0.213 e. The van der Waals surface area contributed by atoms with E-state index in [9.17, 15) is 0 Å². The highest BCUT2D eigenvalue weighted by atomic mass is 35.5. The van der Waals surface area contributed by atoms with E-state index in [4.69, 9.17) is 21.1 Å². The highest BCUT2D eigenvalue weighted by Crippen LogP contribution is 2.49. The Morgan fingerprint density at radius 3 is 2.77 bits per heavy atom. The van der Waals surface area contributed by atoms with Gasteiger partial charge < -0.3 is 9.47 Å². The largest absolute Gasteiger partial charge is 0.481 e. The van der Waals surface area contributed by atoms with E-state index in [1.54, 1.807) is 13.3 Å². The number of H-pyrrole nitrogens is 1. The molecule has 4 heterocycles. The Bertz CT molecular complexity index is 1100. The standard InChI is InChI=1S/C24H27ClN4O2/c1-30-23-8-14(2-4-26-23)24-20-9-19(21(25)10-22(20)27-28-24)15-6-16-11-29(12-17(16)7-15)18-3-5-31-13-18/h2,4,8-10,15-18H,3,5-7,11-13H2,1H3,(H,27,28)/t15?,16-,17+,18?. The molecule has 6 nitrogen and oxygen atoms in total. The number of aromatic nitrogens is 3. The Balaban J connectivity index is 1.27. The minimum Gasteiger partial charge on any atom is -0.481 e. The normalized spacial score (nSPS) is 28.5. The Hall–Kier alpha value is -2.15. The molecule has 31 heavy (non-hydrogen) atoms. The number of rotatable bonds is 4. The third-order valence-electron chi connectivity index (χ3n) is 7.54. The average molecular weight is 439 g/mol. The SMILES string of the molecule is COc1cc(-c2n[nH]c3cc(Cl)c(C4C[C@@H]5CN(C6CCOC6)C[C@@H]5C4)cc23)ccn1. The number of ether oxygens (including phenoxy) is 2. The van der Waals surface area contributed by atoms with Crippen LogP contribution < -0.4 is 4.74 Å². The van der Waals surface area contributed by atoms with Gasteiger partial charge in [0.05, 0.1) is 19.2 Å². The van der Waals surface area contributed by atoms with Crippen molar-refractivity contribution in [2.45, 2.75) is 31.2 Å². The summed E-state index contributed by atoms with van der Waals surface area (Å²) in [7, 11) is 1.63. The maximum atomic E-state index is 6.77. The van der Waals surface area contributed by atoms with Gasteiger partial charge in [-0.3, -0.25) is 10.00 Å². The molecule has 0 bridgehead atoms. The van der Waals surface area contributed by atoms with Gasteiger partial charge in [-0.2, -0.15) is 5.10 Å². The van der Waals surface area contributed by atoms with E-state index < -0.39 is 0 Å². The maximum absolute atomic E-state index is 6.77. The van der Waals surface area contributed by atoms with Crippen LogP contribution >= 0.6 is 11.6 Å². The zero-order valence-electron chi connectivity index (χ0n) is 17.7. The number of nitrogens with one attached hydrogen (secondary N) is 1. The zero-order chi connectivity index (χ0) is 20.9. The lowest BCUT2D eigenvalue weighted by molar-refractivity contribution is 0.153. The van der Waals surface area contributed by atoms with Crippen LogP contribution in [0.1, 0.15) is 30.7 Å². The van der Waals surface area contributed by atoms with Gasteiger partial charge in [-0.25, -0.2) is 4.98 Å². The van der Waals surface area contributed by atoms with Gasteiger partial charge in [0.2, 0.25) is 5.88 Å². The van der Waals surface area contributed by atoms with Gasteiger partial charge in [-0.05, 0) is 60.8 Å². The van der Waals surface area contributed by atoms with E-state index >= 15 is 0 Å². The first-order chi connectivity index (χ1) is 15.2. The summed E-state index contributed by atoms with van der Waals surface area (Å²) in [6.07, 6.45) is 5.38. The van der Waals surface area contributed by atoms with Crippen molar-refractivity contribution in [3.05, 3.63) is 41.0 Å². The molecule has 3 fully saturated rings. The van der Waals surface area contributed by atoms with E-state index in [0.717, 1.165) is 52.2 Å². The van der Waals surface area contributed by atoms with E-state index in [1.807, 2.05) is 18.2 Å². The van der Waals surface area contributed by atoms with Crippen LogP contribution in [-0.4, -0.2) is 59.5 Å². The number of aromatic amines is 1. The monoisotopic (exact) mass is 438 g/mol. The molecule has 3 aliphatic rings. The van der Waals surface area contributed by atoms with Crippen LogP contribution in [0.15, 0.2) is 30.5 Å². The molecular weight excluding hydrogens is 412 g/mol. The summed E-state index contributed by atoms with van der Waals surface area (Å²) >= 11 is 6.77. The molecule has 0 radical (unpaired) electrons. The van der Waals surface area contributed by atoms with Crippen molar-refractivity contribution in [1.82, 2.24) is 20.1 Å². The van der Waals surface area contributed by atoms with E-state index in [1.165, 1.54) is 37.9 Å². The molecule has 0 spiro atoms. The molecule has 2 aromatic heterocycles. The summed E-state index contributed by atoms with van der Waals surface area (Å²) in [5.74, 6) is 2.64. The Morgan fingerprint density at radius 2 is 2.03 bits per heavy atom. The van der Waals surface area contributed by atoms with Crippen LogP contribution in [0.2, 0.25) is 5.02 Å². The van der Waals surface area contributed by atoms with Crippen molar-refractivity contribution in [2.24, 2.45) is 11.8 Å². The summed E-state index contributed by atoms with van der Waals surface area (Å²) in [5.41, 5.74) is 4.14. The molecule has 2 saturated heterocycles. The molecule has 0 amide bonds. The van der Waals surface area contributed by atoms with Crippen molar-refractivity contribution < 1.29 is 9.47 Å². The molecule has 1 aromatic carbocycles. The first-order valence-electron chi connectivity index (χ1n) is 11.2. The third kappa shape index (κ3) is 3.41. The first kappa shape index (κ1) is 19.5. The molecule has 1 N–H and O–H groups in total. The first-order valence-corrected chi connectivity index (χ1v) is 11.6. The van der Waals surface area contributed by atoms with Gasteiger partial charge in [0.25, 0.3) is 0 Å². The lowest BCUT2D eigenvalue weighted by atomic mass is 9.93. The molecule has 162 valence electrons. The van der Waals surface area contributed by atoms with Crippen LogP contribution in [0.25, 0.3) is 22.2 Å². The average Bonchev–Trinajstić information content (AvgIpc) is 3.55. The fourth-order valence-electron chi connectivity index (χ4n) is 5.95. The predicted octanol–water partition coefficient (Wildman–Crippen LogP) is 4.50. The number of nitrogens with zero attached hydrogens (tertiary/aromatic N) is 3. The highest BCUT2D eigenvalue weighted by Gasteiger charge is 2.44. The van der Waals surface area contributed by atoms with Crippen molar-refractivity contribution in [1.29, 1.82) is 0 Å². The van der Waals surface area contributed by atoms with E-state index in [0.29, 0.717) is 17.8 Å². The van der Waals surface area contributed by atoms with Gasteiger partial charge in [0.1, 0.15) is 5.69 Å². The molecular formula is C24H27ClN4O2. The van der Waals surface area contributed by atoms with Crippen LogP contribution in [0.4, 0.5) is 0 Å². The summed E-state index contributed by atoms with van der Waals surface area (Å²) < 4.78 is 10.9. The molecule has 6 rings (SSSR count). The fraction of sp³-hybridized carbons (Fsp3) is 0.500. The number of halogens is 1. The van der Waals surface area contributed by atoms with Crippen molar-refractivity contribution in [3.63, 3.8) is 0 Å². The number of methoxy groups -OCH3 is 1. The molecule has 1 aliphatic carbocycles. The van der Waals surface area contributed by atoms with Crippen LogP contribution in [-0.2, 0) is 4.74 Å². The number of likely N-dealkylation sites (tertiary alicyclic amines) is 1. The molecule has 2 unspecified atom stereocenters. The summed E-state index contributed by atoms with van der Waals surface area (Å²) in [6, 6.07) is 8.82. The Morgan fingerprint density at radius 1 is 1.19 bits per heavy atom.